The number of carboxylic acid groups (broad SMARTS) is 1. The van der Waals surface area contributed by atoms with E-state index < -0.39 is 5.97 Å². The van der Waals surface area contributed by atoms with Crippen LogP contribution in [0.2, 0.25) is 0 Å². The molecule has 0 radical (unpaired) electrons. The van der Waals surface area contributed by atoms with E-state index in [2.05, 4.69) is 9.55 Å². The summed E-state index contributed by atoms with van der Waals surface area (Å²) in [5.41, 5.74) is 0.235. The summed E-state index contributed by atoms with van der Waals surface area (Å²) in [7, 11) is 0. The quantitative estimate of drug-likeness (QED) is 0.801. The lowest BCUT2D eigenvalue weighted by atomic mass is 10.2. The van der Waals surface area contributed by atoms with Gasteiger partial charge >= 0.3 is 5.97 Å². The van der Waals surface area contributed by atoms with Gasteiger partial charge in [-0.3, -0.25) is 0 Å². The molecule has 2 rings (SSSR count). The van der Waals surface area contributed by atoms with Crippen LogP contribution < -0.4 is 0 Å². The molecule has 82 valence electrons. The van der Waals surface area contributed by atoms with Crippen molar-refractivity contribution in [1.29, 1.82) is 0 Å². The Morgan fingerprint density at radius 1 is 1.60 bits per heavy atom. The average Bonchev–Trinajstić information content (AvgIpc) is 2.58. The van der Waals surface area contributed by atoms with Gasteiger partial charge in [0, 0.05) is 13.0 Å². The fourth-order valence-corrected chi connectivity index (χ4v) is 2.77. The molecular weight excluding hydrogens is 212 g/mol. The van der Waals surface area contributed by atoms with Crippen LogP contribution in [0.5, 0.6) is 0 Å². The van der Waals surface area contributed by atoms with Crippen molar-refractivity contribution < 1.29 is 9.90 Å². The lowest BCUT2D eigenvalue weighted by molar-refractivity contribution is 0.0686. The highest BCUT2D eigenvalue weighted by atomic mass is 32.2. The minimum absolute atomic E-state index is 0.235. The zero-order valence-electron chi connectivity index (χ0n) is 8.69. The summed E-state index contributed by atoms with van der Waals surface area (Å²) in [6, 6.07) is 0. The van der Waals surface area contributed by atoms with Gasteiger partial charge < -0.3 is 9.67 Å². The predicted octanol–water partition coefficient (Wildman–Crippen LogP) is 2.03. The highest BCUT2D eigenvalue weighted by Gasteiger charge is 2.23. The van der Waals surface area contributed by atoms with Crippen molar-refractivity contribution in [2.75, 3.05) is 5.75 Å². The van der Waals surface area contributed by atoms with E-state index in [0.29, 0.717) is 0 Å². The van der Waals surface area contributed by atoms with Crippen LogP contribution >= 0.6 is 11.8 Å². The Kier molecular flexibility index (Phi) is 3.00. The number of fused-ring (bicyclic) bond motifs is 1. The van der Waals surface area contributed by atoms with E-state index in [0.717, 1.165) is 42.4 Å². The van der Waals surface area contributed by atoms with Crippen LogP contribution in [0.1, 0.15) is 36.1 Å². The van der Waals surface area contributed by atoms with E-state index in [1.54, 1.807) is 11.8 Å². The van der Waals surface area contributed by atoms with Gasteiger partial charge in [0.1, 0.15) is 10.9 Å². The third-order valence-electron chi connectivity index (χ3n) is 2.52. The Morgan fingerprint density at radius 3 is 3.07 bits per heavy atom. The maximum Gasteiger partial charge on any atom is 0.357 e. The van der Waals surface area contributed by atoms with Gasteiger partial charge in [-0.25, -0.2) is 9.78 Å². The molecule has 0 spiro atoms. The first-order valence-electron chi connectivity index (χ1n) is 5.19. The number of aryl methyl sites for hydroxylation is 1. The normalized spacial score (nSPS) is 15.0. The molecule has 1 aliphatic rings. The molecule has 1 aromatic rings. The smallest absolute Gasteiger partial charge is 0.357 e. The van der Waals surface area contributed by atoms with Crippen molar-refractivity contribution >= 4 is 17.7 Å². The highest BCUT2D eigenvalue weighted by molar-refractivity contribution is 7.99. The van der Waals surface area contributed by atoms with Crippen LogP contribution in [0.15, 0.2) is 5.03 Å². The summed E-state index contributed by atoms with van der Waals surface area (Å²) in [5.74, 6) is 0.910. The molecule has 0 fully saturated rings. The van der Waals surface area contributed by atoms with Gasteiger partial charge in [-0.1, -0.05) is 6.92 Å². The van der Waals surface area contributed by atoms with Crippen LogP contribution in [0.4, 0.5) is 0 Å². The molecule has 0 saturated carbocycles. The zero-order valence-corrected chi connectivity index (χ0v) is 9.51. The predicted molar refractivity (Wildman–Crippen MR) is 58.5 cm³/mol. The van der Waals surface area contributed by atoms with E-state index in [-0.39, 0.29) is 5.69 Å². The number of carboxylic acids is 1. The van der Waals surface area contributed by atoms with E-state index in [9.17, 15) is 4.79 Å². The molecule has 1 aromatic heterocycles. The average molecular weight is 226 g/mol. The number of hydrogen-bond acceptors (Lipinski definition) is 3. The van der Waals surface area contributed by atoms with Gasteiger partial charge in [-0.2, -0.15) is 0 Å². The Bertz CT molecular complexity index is 387. The molecule has 1 N–H and O–H groups in total. The number of hydrogen-bond donors (Lipinski definition) is 1. The van der Waals surface area contributed by atoms with Gasteiger partial charge in [-0.15, -0.1) is 11.8 Å². The molecule has 0 saturated heterocycles. The van der Waals surface area contributed by atoms with Gasteiger partial charge in [0.05, 0.1) is 0 Å². The molecule has 0 aromatic carbocycles. The molecule has 0 bridgehead atoms. The Hall–Kier alpha value is -0.970. The number of imidazole rings is 1. The van der Waals surface area contributed by atoms with Crippen molar-refractivity contribution in [3.05, 3.63) is 11.5 Å². The van der Waals surface area contributed by atoms with Crippen molar-refractivity contribution in [3.63, 3.8) is 0 Å². The molecule has 0 amide bonds. The van der Waals surface area contributed by atoms with Gasteiger partial charge in [-0.05, 0) is 18.6 Å². The SMILES string of the molecule is CCSc1c(C(=O)O)nc2n1CCCC2. The minimum atomic E-state index is -0.909. The third-order valence-corrected chi connectivity index (χ3v) is 3.49. The lowest BCUT2D eigenvalue weighted by Gasteiger charge is -2.15. The van der Waals surface area contributed by atoms with Crippen LogP contribution in [-0.2, 0) is 13.0 Å². The monoisotopic (exact) mass is 226 g/mol. The van der Waals surface area contributed by atoms with Crippen molar-refractivity contribution in [2.45, 2.75) is 37.8 Å². The second kappa shape index (κ2) is 4.26. The second-order valence-corrected chi connectivity index (χ2v) is 4.78. The molecule has 0 aliphatic carbocycles. The topological polar surface area (TPSA) is 55.1 Å². The largest absolute Gasteiger partial charge is 0.476 e. The first-order valence-corrected chi connectivity index (χ1v) is 6.18. The lowest BCUT2D eigenvalue weighted by Crippen LogP contribution is -2.11. The highest BCUT2D eigenvalue weighted by Crippen LogP contribution is 2.27. The second-order valence-electron chi connectivity index (χ2n) is 3.53. The number of nitrogens with zero attached hydrogens (tertiary/aromatic N) is 2. The minimum Gasteiger partial charge on any atom is -0.476 e. The number of rotatable bonds is 3. The standard InChI is InChI=1S/C10H14N2O2S/c1-2-15-9-8(10(13)14)11-7-5-3-4-6-12(7)9/h2-6H2,1H3,(H,13,14). The molecule has 2 heterocycles. The maximum atomic E-state index is 11.0. The first-order chi connectivity index (χ1) is 7.24. The third kappa shape index (κ3) is 1.88. The first kappa shape index (κ1) is 10.5. The molecular formula is C10H14N2O2S. The summed E-state index contributed by atoms with van der Waals surface area (Å²) >= 11 is 1.57. The molecule has 1 aliphatic heterocycles. The molecule has 15 heavy (non-hydrogen) atoms. The zero-order chi connectivity index (χ0) is 10.8. The maximum absolute atomic E-state index is 11.0. The summed E-state index contributed by atoms with van der Waals surface area (Å²) in [6.45, 7) is 2.94. The van der Waals surface area contributed by atoms with Gasteiger partial charge in [0.2, 0.25) is 0 Å². The van der Waals surface area contributed by atoms with Crippen LogP contribution in [0.25, 0.3) is 0 Å². The Balaban J connectivity index is 2.45. The molecule has 4 nitrogen and oxygen atoms in total. The number of aromatic nitrogens is 2. The Morgan fingerprint density at radius 2 is 2.40 bits per heavy atom. The molecule has 0 unspecified atom stereocenters. The van der Waals surface area contributed by atoms with E-state index >= 15 is 0 Å². The van der Waals surface area contributed by atoms with Crippen molar-refractivity contribution in [1.82, 2.24) is 9.55 Å². The summed E-state index contributed by atoms with van der Waals surface area (Å²) < 4.78 is 2.07. The van der Waals surface area contributed by atoms with Crippen LogP contribution in [0, 0.1) is 0 Å². The summed E-state index contributed by atoms with van der Waals surface area (Å²) in [5, 5.41) is 9.89. The fourth-order valence-electron chi connectivity index (χ4n) is 1.88. The van der Waals surface area contributed by atoms with E-state index in [4.69, 9.17) is 5.11 Å². The van der Waals surface area contributed by atoms with E-state index in [1.807, 2.05) is 6.92 Å². The number of thioether (sulfide) groups is 1. The number of carbonyl (C=O) groups is 1. The van der Waals surface area contributed by atoms with Gasteiger partial charge in [0.25, 0.3) is 0 Å². The van der Waals surface area contributed by atoms with Gasteiger partial charge in [0.15, 0.2) is 5.69 Å². The summed E-state index contributed by atoms with van der Waals surface area (Å²) in [6.07, 6.45) is 3.15. The fraction of sp³-hybridized carbons (Fsp3) is 0.600. The van der Waals surface area contributed by atoms with Crippen molar-refractivity contribution in [3.8, 4) is 0 Å². The van der Waals surface area contributed by atoms with E-state index in [1.165, 1.54) is 0 Å². The molecule has 5 heteroatoms. The van der Waals surface area contributed by atoms with Crippen LogP contribution in [0.3, 0.4) is 0 Å². The molecule has 0 atom stereocenters. The van der Waals surface area contributed by atoms with Crippen molar-refractivity contribution in [2.24, 2.45) is 0 Å². The van der Waals surface area contributed by atoms with Crippen LogP contribution in [-0.4, -0.2) is 26.4 Å². The number of aromatic carboxylic acids is 1. The Labute approximate surface area is 92.7 Å². The summed E-state index contributed by atoms with van der Waals surface area (Å²) in [4.78, 5) is 15.2.